The molecule has 0 saturated carbocycles. The molecule has 0 amide bonds. The summed E-state index contributed by atoms with van der Waals surface area (Å²) in [7, 11) is 0. The predicted octanol–water partition coefficient (Wildman–Crippen LogP) is 3.36. The Hall–Kier alpha value is -2.49. The molecule has 0 aliphatic rings. The maximum Gasteiger partial charge on any atom is 0.249 e. The van der Waals surface area contributed by atoms with Gasteiger partial charge in [-0.1, -0.05) is 37.3 Å². The van der Waals surface area contributed by atoms with E-state index in [1.165, 1.54) is 0 Å². The van der Waals surface area contributed by atoms with Crippen LogP contribution in [0.25, 0.3) is 22.7 Å². The van der Waals surface area contributed by atoms with Gasteiger partial charge in [-0.3, -0.25) is 4.98 Å². The maximum absolute atomic E-state index is 5.50. The van der Waals surface area contributed by atoms with E-state index in [4.69, 9.17) is 4.42 Å². The molecule has 0 radical (unpaired) electrons. The second kappa shape index (κ2) is 5.02. The topological polar surface area (TPSA) is 51.8 Å². The van der Waals surface area contributed by atoms with Crippen LogP contribution in [-0.4, -0.2) is 15.2 Å². The third-order valence-corrected chi connectivity index (χ3v) is 2.85. The summed E-state index contributed by atoms with van der Waals surface area (Å²) < 4.78 is 5.50. The van der Waals surface area contributed by atoms with E-state index >= 15 is 0 Å². The minimum atomic E-state index is 0.518. The molecule has 0 atom stereocenters. The van der Waals surface area contributed by atoms with Crippen LogP contribution >= 0.6 is 0 Å². The number of hydrogen-bond donors (Lipinski definition) is 0. The lowest BCUT2D eigenvalue weighted by Crippen LogP contribution is -1.85. The van der Waals surface area contributed by atoms with Crippen molar-refractivity contribution >= 4 is 0 Å². The molecule has 0 aliphatic carbocycles. The molecule has 4 heteroatoms. The van der Waals surface area contributed by atoms with Crippen molar-refractivity contribution in [1.29, 1.82) is 0 Å². The van der Waals surface area contributed by atoms with Gasteiger partial charge in [0.1, 0.15) is 0 Å². The second-order valence-electron chi connectivity index (χ2n) is 4.15. The average molecular weight is 251 g/mol. The number of aromatic nitrogens is 3. The van der Waals surface area contributed by atoms with Gasteiger partial charge >= 0.3 is 0 Å². The largest absolute Gasteiger partial charge is 0.421 e. The third-order valence-electron chi connectivity index (χ3n) is 2.85. The van der Waals surface area contributed by atoms with Gasteiger partial charge in [-0.2, -0.15) is 0 Å². The van der Waals surface area contributed by atoms with E-state index in [2.05, 4.69) is 15.2 Å². The Kier molecular flexibility index (Phi) is 3.06. The van der Waals surface area contributed by atoms with Crippen LogP contribution in [0.5, 0.6) is 0 Å². The third kappa shape index (κ3) is 2.38. The number of pyridine rings is 1. The number of aryl methyl sites for hydroxylation is 1. The normalized spacial score (nSPS) is 10.6. The first kappa shape index (κ1) is 11.6. The van der Waals surface area contributed by atoms with E-state index in [1.807, 2.05) is 49.4 Å². The summed E-state index contributed by atoms with van der Waals surface area (Å²) in [5.74, 6) is 1.16. The van der Waals surface area contributed by atoms with Crippen LogP contribution < -0.4 is 0 Å². The van der Waals surface area contributed by atoms with Crippen LogP contribution in [-0.2, 0) is 6.42 Å². The second-order valence-corrected chi connectivity index (χ2v) is 4.15. The highest BCUT2D eigenvalue weighted by atomic mass is 16.4. The van der Waals surface area contributed by atoms with E-state index in [0.717, 1.165) is 23.2 Å². The highest BCUT2D eigenvalue weighted by Gasteiger charge is 2.08. The Morgan fingerprint density at radius 1 is 0.947 bits per heavy atom. The van der Waals surface area contributed by atoms with Crippen molar-refractivity contribution in [2.24, 2.45) is 0 Å². The Bertz CT molecular complexity index is 659. The fraction of sp³-hybridized carbons (Fsp3) is 0.133. The summed E-state index contributed by atoms with van der Waals surface area (Å²) in [6.07, 6.45) is 2.50. The van der Waals surface area contributed by atoms with Crippen LogP contribution in [0.3, 0.4) is 0 Å². The van der Waals surface area contributed by atoms with E-state index in [9.17, 15) is 0 Å². The molecular formula is C15H13N3O. The molecular weight excluding hydrogens is 238 g/mol. The van der Waals surface area contributed by atoms with Gasteiger partial charge in [-0.25, -0.2) is 0 Å². The van der Waals surface area contributed by atoms with Crippen LogP contribution in [0.1, 0.15) is 12.8 Å². The Morgan fingerprint density at radius 2 is 1.79 bits per heavy atom. The van der Waals surface area contributed by atoms with Gasteiger partial charge < -0.3 is 4.42 Å². The summed E-state index contributed by atoms with van der Waals surface area (Å²) in [5, 5.41) is 7.95. The molecule has 0 fully saturated rings. The Balaban J connectivity index is 1.90. The maximum atomic E-state index is 5.50. The highest BCUT2D eigenvalue weighted by molar-refractivity contribution is 5.62. The number of nitrogens with zero attached hydrogens (tertiary/aromatic N) is 3. The number of hydrogen-bond acceptors (Lipinski definition) is 4. The molecule has 4 nitrogen and oxygen atoms in total. The van der Waals surface area contributed by atoms with Gasteiger partial charge in [0.25, 0.3) is 0 Å². The smallest absolute Gasteiger partial charge is 0.249 e. The minimum absolute atomic E-state index is 0.518. The quantitative estimate of drug-likeness (QED) is 0.716. The highest BCUT2D eigenvalue weighted by Crippen LogP contribution is 2.21. The van der Waals surface area contributed by atoms with Gasteiger partial charge in [-0.15, -0.1) is 10.2 Å². The first-order chi connectivity index (χ1) is 9.36. The van der Waals surface area contributed by atoms with Crippen molar-refractivity contribution < 1.29 is 4.42 Å². The monoisotopic (exact) mass is 251 g/mol. The van der Waals surface area contributed by atoms with E-state index < -0.39 is 0 Å². The summed E-state index contributed by atoms with van der Waals surface area (Å²) in [6.45, 7) is 1.98. The summed E-state index contributed by atoms with van der Waals surface area (Å²) in [6, 6.07) is 14.0. The summed E-state index contributed by atoms with van der Waals surface area (Å²) in [5.41, 5.74) is 2.86. The molecule has 0 spiro atoms. The summed E-state index contributed by atoms with van der Waals surface area (Å²) >= 11 is 0. The van der Waals surface area contributed by atoms with Gasteiger partial charge in [0.05, 0.1) is 11.3 Å². The van der Waals surface area contributed by atoms with Crippen molar-refractivity contribution in [2.75, 3.05) is 0 Å². The molecule has 2 heterocycles. The van der Waals surface area contributed by atoms with Crippen LogP contribution in [0.2, 0.25) is 0 Å². The molecule has 94 valence electrons. The van der Waals surface area contributed by atoms with Gasteiger partial charge in [0.2, 0.25) is 11.8 Å². The lowest BCUT2D eigenvalue weighted by molar-refractivity contribution is 0.512. The molecule has 3 rings (SSSR count). The fourth-order valence-corrected chi connectivity index (χ4v) is 1.81. The number of benzene rings is 1. The molecule has 0 N–H and O–H groups in total. The first-order valence-corrected chi connectivity index (χ1v) is 6.21. The predicted molar refractivity (Wildman–Crippen MR) is 72.3 cm³/mol. The molecule has 2 aromatic heterocycles. The minimum Gasteiger partial charge on any atom is -0.421 e. The zero-order valence-electron chi connectivity index (χ0n) is 10.6. The SMILES string of the molecule is CCc1nnc(-c2ccc(-c3ccccc3)nc2)o1. The molecule has 19 heavy (non-hydrogen) atoms. The molecule has 0 aliphatic heterocycles. The van der Waals surface area contributed by atoms with Crippen LogP contribution in [0.4, 0.5) is 0 Å². The molecule has 0 saturated heterocycles. The van der Waals surface area contributed by atoms with Gasteiger partial charge in [0, 0.05) is 18.2 Å². The standard InChI is InChI=1S/C15H13N3O/c1-2-14-17-18-15(19-14)12-8-9-13(16-10-12)11-6-4-3-5-7-11/h3-10H,2H2,1H3. The fourth-order valence-electron chi connectivity index (χ4n) is 1.81. The van der Waals surface area contributed by atoms with E-state index in [1.54, 1.807) is 6.20 Å². The van der Waals surface area contributed by atoms with Crippen molar-refractivity contribution in [3.8, 4) is 22.7 Å². The van der Waals surface area contributed by atoms with Crippen molar-refractivity contribution in [2.45, 2.75) is 13.3 Å². The molecule has 1 aromatic carbocycles. The average Bonchev–Trinajstić information content (AvgIpc) is 2.97. The summed E-state index contributed by atoms with van der Waals surface area (Å²) in [4.78, 5) is 4.43. The van der Waals surface area contributed by atoms with Gasteiger partial charge in [-0.05, 0) is 12.1 Å². The molecule has 3 aromatic rings. The zero-order chi connectivity index (χ0) is 13.1. The lowest BCUT2D eigenvalue weighted by Gasteiger charge is -2.00. The Morgan fingerprint density at radius 3 is 2.42 bits per heavy atom. The van der Waals surface area contributed by atoms with E-state index in [0.29, 0.717) is 11.8 Å². The van der Waals surface area contributed by atoms with Gasteiger partial charge in [0.15, 0.2) is 0 Å². The molecule has 0 unspecified atom stereocenters. The van der Waals surface area contributed by atoms with E-state index in [-0.39, 0.29) is 0 Å². The first-order valence-electron chi connectivity index (χ1n) is 6.21. The zero-order valence-corrected chi connectivity index (χ0v) is 10.6. The number of rotatable bonds is 3. The Labute approximate surface area is 111 Å². The van der Waals surface area contributed by atoms with Crippen LogP contribution in [0.15, 0.2) is 53.1 Å². The lowest BCUT2D eigenvalue weighted by atomic mass is 10.1. The van der Waals surface area contributed by atoms with Crippen LogP contribution in [0, 0.1) is 0 Å². The van der Waals surface area contributed by atoms with Crippen molar-refractivity contribution in [3.05, 3.63) is 54.6 Å². The van der Waals surface area contributed by atoms with Crippen molar-refractivity contribution in [3.63, 3.8) is 0 Å². The molecule has 0 bridgehead atoms. The van der Waals surface area contributed by atoms with Crippen molar-refractivity contribution in [1.82, 2.24) is 15.2 Å².